The van der Waals surface area contributed by atoms with Gasteiger partial charge in [-0.2, -0.15) is 13.2 Å². The van der Waals surface area contributed by atoms with Gasteiger partial charge in [0.25, 0.3) is 11.7 Å². The van der Waals surface area contributed by atoms with Crippen molar-refractivity contribution in [3.05, 3.63) is 65.9 Å². The van der Waals surface area contributed by atoms with E-state index in [1.807, 2.05) is 0 Å². The SMILES string of the molecule is CC(=O)NC(Cc1ccccc1)(C(=O)C(F)(F)F)N1C(=O)C(C(C)C)N(C(C)=O)C=C1c1ccc(OC(C)=O)c(OC(C)=O)c1. The van der Waals surface area contributed by atoms with Crippen LogP contribution in [0, 0.1) is 5.92 Å². The number of hydrogen-bond donors (Lipinski definition) is 1. The molecule has 45 heavy (non-hydrogen) atoms. The highest BCUT2D eigenvalue weighted by molar-refractivity contribution is 6.05. The van der Waals surface area contributed by atoms with Crippen molar-refractivity contribution in [2.24, 2.45) is 5.92 Å². The van der Waals surface area contributed by atoms with Gasteiger partial charge in [-0.05, 0) is 29.7 Å². The predicted octanol–water partition coefficient (Wildman–Crippen LogP) is 3.76. The summed E-state index contributed by atoms with van der Waals surface area (Å²) in [6, 6.07) is 9.55. The predicted molar refractivity (Wildman–Crippen MR) is 153 cm³/mol. The van der Waals surface area contributed by atoms with Gasteiger partial charge in [0.05, 0.1) is 5.70 Å². The minimum absolute atomic E-state index is 0.123. The van der Waals surface area contributed by atoms with Gasteiger partial charge in [-0.25, -0.2) is 0 Å². The van der Waals surface area contributed by atoms with Gasteiger partial charge in [-0.3, -0.25) is 33.7 Å². The Morgan fingerprint density at radius 2 is 1.47 bits per heavy atom. The van der Waals surface area contributed by atoms with Crippen molar-refractivity contribution >= 4 is 41.1 Å². The fourth-order valence-electron chi connectivity index (χ4n) is 5.11. The fourth-order valence-corrected chi connectivity index (χ4v) is 5.11. The third kappa shape index (κ3) is 7.56. The first-order valence-electron chi connectivity index (χ1n) is 13.7. The van der Waals surface area contributed by atoms with E-state index >= 15 is 0 Å². The van der Waals surface area contributed by atoms with E-state index in [0.717, 1.165) is 50.9 Å². The fraction of sp³-hybridized carbons (Fsp3) is 0.355. The summed E-state index contributed by atoms with van der Waals surface area (Å²) in [4.78, 5) is 78.6. The minimum Gasteiger partial charge on any atom is -0.423 e. The number of ether oxygens (including phenoxy) is 2. The van der Waals surface area contributed by atoms with Crippen LogP contribution in [-0.4, -0.2) is 63.1 Å². The second-order valence-corrected chi connectivity index (χ2v) is 10.7. The lowest BCUT2D eigenvalue weighted by molar-refractivity contribution is -0.187. The second kappa shape index (κ2) is 13.3. The Labute approximate surface area is 256 Å². The second-order valence-electron chi connectivity index (χ2n) is 10.7. The number of Topliss-reactive ketones (excluding diaryl/α,β-unsaturated/α-hetero) is 1. The molecule has 2 atom stereocenters. The van der Waals surface area contributed by atoms with Gasteiger partial charge in [-0.1, -0.05) is 44.2 Å². The highest BCUT2D eigenvalue weighted by atomic mass is 19.4. The molecule has 0 bridgehead atoms. The highest BCUT2D eigenvalue weighted by Crippen LogP contribution is 2.41. The summed E-state index contributed by atoms with van der Waals surface area (Å²) in [7, 11) is 0. The molecule has 240 valence electrons. The van der Waals surface area contributed by atoms with Crippen LogP contribution in [0.4, 0.5) is 13.2 Å². The summed E-state index contributed by atoms with van der Waals surface area (Å²) in [5.41, 5.74) is -3.46. The number of amides is 3. The monoisotopic (exact) mass is 631 g/mol. The van der Waals surface area contributed by atoms with Gasteiger partial charge in [0, 0.05) is 45.9 Å². The molecule has 3 amide bonds. The van der Waals surface area contributed by atoms with Crippen molar-refractivity contribution in [1.29, 1.82) is 0 Å². The van der Waals surface area contributed by atoms with Crippen LogP contribution in [0.2, 0.25) is 0 Å². The molecule has 1 heterocycles. The Kier molecular flexibility index (Phi) is 10.2. The molecular weight excluding hydrogens is 599 g/mol. The Balaban J connectivity index is 2.49. The minimum atomic E-state index is -5.56. The molecule has 0 spiro atoms. The first kappa shape index (κ1) is 34.5. The van der Waals surface area contributed by atoms with Crippen molar-refractivity contribution in [2.75, 3.05) is 0 Å². The van der Waals surface area contributed by atoms with E-state index in [1.54, 1.807) is 19.9 Å². The lowest BCUT2D eigenvalue weighted by Gasteiger charge is -2.49. The molecule has 2 aromatic carbocycles. The van der Waals surface area contributed by atoms with E-state index in [4.69, 9.17) is 9.47 Å². The van der Waals surface area contributed by atoms with Crippen LogP contribution in [0.3, 0.4) is 0 Å². The number of carbonyl (C=O) groups is 6. The average molecular weight is 632 g/mol. The maximum Gasteiger partial charge on any atom is 0.454 e. The number of benzene rings is 2. The van der Waals surface area contributed by atoms with Crippen molar-refractivity contribution in [3.8, 4) is 11.5 Å². The normalized spacial score (nSPS) is 16.4. The van der Waals surface area contributed by atoms with Crippen molar-refractivity contribution in [1.82, 2.24) is 15.1 Å². The molecule has 2 aromatic rings. The summed E-state index contributed by atoms with van der Waals surface area (Å²) in [5.74, 6) is -8.14. The average Bonchev–Trinajstić information content (AvgIpc) is 2.91. The number of halogens is 3. The number of hydrogen-bond acceptors (Lipinski definition) is 8. The first-order chi connectivity index (χ1) is 20.9. The van der Waals surface area contributed by atoms with E-state index in [0.29, 0.717) is 4.90 Å². The molecule has 1 aliphatic heterocycles. The van der Waals surface area contributed by atoms with E-state index < -0.39 is 71.4 Å². The number of carbonyl (C=O) groups excluding carboxylic acids is 6. The van der Waals surface area contributed by atoms with Crippen LogP contribution >= 0.6 is 0 Å². The zero-order chi connectivity index (χ0) is 33.9. The molecule has 0 saturated heterocycles. The van der Waals surface area contributed by atoms with Crippen LogP contribution in [0.25, 0.3) is 5.70 Å². The maximum absolute atomic E-state index is 14.5. The van der Waals surface area contributed by atoms with Crippen molar-refractivity contribution in [2.45, 2.75) is 65.8 Å². The van der Waals surface area contributed by atoms with Gasteiger partial charge in [-0.15, -0.1) is 0 Å². The standard InChI is InChI=1S/C31H32F3N3O8/c1-17(2)27-28(42)37(30(35-18(3)38,29(43)31(32,33)34)15-22-10-8-7-9-11-22)24(16-36(27)19(4)39)23-12-13-25(44-20(5)40)26(14-23)45-21(6)41/h7-14,16-17,27H,15H2,1-6H3,(H,35,38). The lowest BCUT2D eigenvalue weighted by atomic mass is 9.87. The van der Waals surface area contributed by atoms with Gasteiger partial charge in [0.15, 0.2) is 17.2 Å². The van der Waals surface area contributed by atoms with Gasteiger partial charge < -0.3 is 19.7 Å². The topological polar surface area (TPSA) is 139 Å². The highest BCUT2D eigenvalue weighted by Gasteiger charge is 2.61. The molecule has 0 fully saturated rings. The van der Waals surface area contributed by atoms with E-state index in [-0.39, 0.29) is 22.6 Å². The molecule has 2 unspecified atom stereocenters. The molecule has 0 radical (unpaired) electrons. The van der Waals surface area contributed by atoms with E-state index in [1.165, 1.54) is 30.3 Å². The van der Waals surface area contributed by atoms with Crippen molar-refractivity contribution in [3.63, 3.8) is 0 Å². The Bertz CT molecular complexity index is 1550. The number of nitrogens with zero attached hydrogens (tertiary/aromatic N) is 2. The largest absolute Gasteiger partial charge is 0.454 e. The number of esters is 2. The molecular formula is C31H32F3N3O8. The van der Waals surface area contributed by atoms with E-state index in [9.17, 15) is 41.9 Å². The number of rotatable bonds is 9. The summed E-state index contributed by atoms with van der Waals surface area (Å²) in [6.45, 7) is 7.30. The van der Waals surface area contributed by atoms with Crippen LogP contribution in [0.5, 0.6) is 11.5 Å². The van der Waals surface area contributed by atoms with Crippen LogP contribution < -0.4 is 14.8 Å². The van der Waals surface area contributed by atoms with Gasteiger partial charge in [0.1, 0.15) is 6.04 Å². The molecule has 0 aromatic heterocycles. The van der Waals surface area contributed by atoms with Gasteiger partial charge >= 0.3 is 18.1 Å². The molecule has 14 heteroatoms. The summed E-state index contributed by atoms with van der Waals surface area (Å²) in [5, 5.41) is 2.13. The van der Waals surface area contributed by atoms with Crippen LogP contribution in [-0.2, 0) is 35.2 Å². The zero-order valence-electron chi connectivity index (χ0n) is 25.4. The smallest absolute Gasteiger partial charge is 0.423 e. The molecule has 0 aliphatic carbocycles. The number of alkyl halides is 3. The molecule has 11 nitrogen and oxygen atoms in total. The zero-order valence-corrected chi connectivity index (χ0v) is 25.4. The third-order valence-electron chi connectivity index (χ3n) is 6.72. The maximum atomic E-state index is 14.5. The first-order valence-corrected chi connectivity index (χ1v) is 13.7. The molecule has 1 N–H and O–H groups in total. The molecule has 1 aliphatic rings. The third-order valence-corrected chi connectivity index (χ3v) is 6.72. The summed E-state index contributed by atoms with van der Waals surface area (Å²) < 4.78 is 53.8. The van der Waals surface area contributed by atoms with Gasteiger partial charge in [0.2, 0.25) is 11.8 Å². The van der Waals surface area contributed by atoms with Crippen LogP contribution in [0.1, 0.15) is 52.7 Å². The Hall–Kier alpha value is -5.01. The molecule has 3 rings (SSSR count). The lowest BCUT2D eigenvalue weighted by Crippen LogP contribution is -2.73. The number of ketones is 1. The summed E-state index contributed by atoms with van der Waals surface area (Å²) in [6.07, 6.45) is -5.28. The Morgan fingerprint density at radius 3 is 1.96 bits per heavy atom. The summed E-state index contributed by atoms with van der Waals surface area (Å²) >= 11 is 0. The molecule has 0 saturated carbocycles. The van der Waals surface area contributed by atoms with Crippen molar-refractivity contribution < 1.29 is 51.4 Å². The number of nitrogens with one attached hydrogen (secondary N) is 1. The Morgan fingerprint density at radius 1 is 0.889 bits per heavy atom. The van der Waals surface area contributed by atoms with Crippen LogP contribution in [0.15, 0.2) is 54.7 Å². The van der Waals surface area contributed by atoms with E-state index in [2.05, 4.69) is 5.32 Å². The quantitative estimate of drug-likeness (QED) is 0.326.